The van der Waals surface area contributed by atoms with Crippen LogP contribution in [0.5, 0.6) is 0 Å². The highest BCUT2D eigenvalue weighted by Gasteiger charge is 2.21. The number of aromatic nitrogens is 1. The summed E-state index contributed by atoms with van der Waals surface area (Å²) in [6.07, 6.45) is 1.83. The molecule has 0 aliphatic carbocycles. The molecule has 6 heteroatoms. The van der Waals surface area contributed by atoms with Gasteiger partial charge in [0.15, 0.2) is 5.13 Å². The molecule has 1 aliphatic rings. The molecule has 108 valence electrons. The van der Waals surface area contributed by atoms with Crippen LogP contribution in [-0.2, 0) is 4.79 Å². The van der Waals surface area contributed by atoms with Gasteiger partial charge >= 0.3 is 0 Å². The van der Waals surface area contributed by atoms with Crippen LogP contribution in [0.25, 0.3) is 10.2 Å². The minimum absolute atomic E-state index is 0. The number of piperidine rings is 1. The Labute approximate surface area is 128 Å². The summed E-state index contributed by atoms with van der Waals surface area (Å²) < 4.78 is 1.13. The first-order valence-electron chi connectivity index (χ1n) is 6.61. The molecule has 1 amide bonds. The number of nitrogens with zero attached hydrogens (tertiary/aromatic N) is 1. The van der Waals surface area contributed by atoms with E-state index in [-0.39, 0.29) is 24.2 Å². The van der Waals surface area contributed by atoms with Gasteiger partial charge in [0, 0.05) is 5.92 Å². The second-order valence-electron chi connectivity index (χ2n) is 5.00. The Morgan fingerprint density at radius 3 is 2.90 bits per heavy atom. The van der Waals surface area contributed by atoms with Gasteiger partial charge in [-0.15, -0.1) is 12.4 Å². The SMILES string of the molecule is Cc1ccc2nc(NC(=O)C3CCNCC3)sc2c1.Cl. The largest absolute Gasteiger partial charge is 0.317 e. The third-order valence-electron chi connectivity index (χ3n) is 3.48. The van der Waals surface area contributed by atoms with Crippen LogP contribution in [-0.4, -0.2) is 24.0 Å². The molecule has 1 aromatic heterocycles. The van der Waals surface area contributed by atoms with Crippen molar-refractivity contribution in [1.29, 1.82) is 0 Å². The van der Waals surface area contributed by atoms with Crippen LogP contribution in [0.4, 0.5) is 5.13 Å². The predicted molar refractivity (Wildman–Crippen MR) is 85.8 cm³/mol. The summed E-state index contributed by atoms with van der Waals surface area (Å²) in [5, 5.41) is 6.94. The molecule has 1 fully saturated rings. The van der Waals surface area contributed by atoms with Crippen LogP contribution in [0.2, 0.25) is 0 Å². The zero-order valence-corrected chi connectivity index (χ0v) is 12.9. The first-order chi connectivity index (χ1) is 9.22. The Balaban J connectivity index is 0.00000147. The van der Waals surface area contributed by atoms with E-state index in [4.69, 9.17) is 0 Å². The Bertz CT molecular complexity index is 607. The third kappa shape index (κ3) is 3.29. The fourth-order valence-electron chi connectivity index (χ4n) is 2.38. The van der Waals surface area contributed by atoms with Gasteiger partial charge in [-0.1, -0.05) is 17.4 Å². The van der Waals surface area contributed by atoms with Gasteiger partial charge in [-0.25, -0.2) is 4.98 Å². The number of fused-ring (bicyclic) bond motifs is 1. The van der Waals surface area contributed by atoms with E-state index in [2.05, 4.69) is 28.6 Å². The van der Waals surface area contributed by atoms with Crippen LogP contribution in [0.3, 0.4) is 0 Å². The van der Waals surface area contributed by atoms with Gasteiger partial charge in [0.25, 0.3) is 0 Å². The zero-order valence-electron chi connectivity index (χ0n) is 11.3. The van der Waals surface area contributed by atoms with E-state index in [9.17, 15) is 4.79 Å². The molecule has 1 aliphatic heterocycles. The number of nitrogens with one attached hydrogen (secondary N) is 2. The lowest BCUT2D eigenvalue weighted by atomic mass is 9.97. The minimum Gasteiger partial charge on any atom is -0.317 e. The molecule has 0 radical (unpaired) electrons. The maximum Gasteiger partial charge on any atom is 0.229 e. The van der Waals surface area contributed by atoms with Crippen molar-refractivity contribution in [1.82, 2.24) is 10.3 Å². The molecular formula is C14H18ClN3OS. The van der Waals surface area contributed by atoms with Crippen LogP contribution in [0, 0.1) is 12.8 Å². The Hall–Kier alpha value is -1.17. The molecule has 4 nitrogen and oxygen atoms in total. The van der Waals surface area contributed by atoms with E-state index in [0.29, 0.717) is 5.13 Å². The van der Waals surface area contributed by atoms with Crippen molar-refractivity contribution in [3.8, 4) is 0 Å². The van der Waals surface area contributed by atoms with Crippen molar-refractivity contribution in [3.63, 3.8) is 0 Å². The topological polar surface area (TPSA) is 54.0 Å². The highest BCUT2D eigenvalue weighted by Crippen LogP contribution is 2.27. The minimum atomic E-state index is 0. The number of hydrogen-bond acceptors (Lipinski definition) is 4. The lowest BCUT2D eigenvalue weighted by molar-refractivity contribution is -0.120. The van der Waals surface area contributed by atoms with E-state index >= 15 is 0 Å². The maximum atomic E-state index is 12.1. The Morgan fingerprint density at radius 2 is 2.15 bits per heavy atom. The zero-order chi connectivity index (χ0) is 13.2. The molecule has 0 saturated carbocycles. The summed E-state index contributed by atoms with van der Waals surface area (Å²) in [6.45, 7) is 3.92. The smallest absolute Gasteiger partial charge is 0.229 e. The lowest BCUT2D eigenvalue weighted by Crippen LogP contribution is -2.34. The molecule has 20 heavy (non-hydrogen) atoms. The first-order valence-corrected chi connectivity index (χ1v) is 7.43. The Kier molecular flexibility index (Phi) is 4.96. The molecule has 3 rings (SSSR count). The van der Waals surface area contributed by atoms with Gasteiger partial charge in [0.2, 0.25) is 5.91 Å². The fraction of sp³-hybridized carbons (Fsp3) is 0.429. The number of rotatable bonds is 2. The first kappa shape index (κ1) is 15.2. The molecule has 2 heterocycles. The summed E-state index contributed by atoms with van der Waals surface area (Å²) in [5.41, 5.74) is 2.17. The van der Waals surface area contributed by atoms with E-state index in [1.807, 2.05) is 12.1 Å². The average molecular weight is 312 g/mol. The normalized spacial score (nSPS) is 15.8. The molecule has 1 aromatic carbocycles. The highest BCUT2D eigenvalue weighted by molar-refractivity contribution is 7.22. The lowest BCUT2D eigenvalue weighted by Gasteiger charge is -2.20. The fourth-order valence-corrected chi connectivity index (χ4v) is 3.34. The van der Waals surface area contributed by atoms with E-state index < -0.39 is 0 Å². The van der Waals surface area contributed by atoms with Gasteiger partial charge in [-0.2, -0.15) is 0 Å². The van der Waals surface area contributed by atoms with Crippen molar-refractivity contribution in [2.24, 2.45) is 5.92 Å². The van der Waals surface area contributed by atoms with E-state index in [1.165, 1.54) is 5.56 Å². The van der Waals surface area contributed by atoms with Crippen molar-refractivity contribution in [2.75, 3.05) is 18.4 Å². The molecule has 2 aromatic rings. The number of carbonyl (C=O) groups is 1. The summed E-state index contributed by atoms with van der Waals surface area (Å²) in [5.74, 6) is 0.229. The number of thiazole rings is 1. The summed E-state index contributed by atoms with van der Waals surface area (Å²) in [4.78, 5) is 16.6. The molecule has 0 atom stereocenters. The molecular weight excluding hydrogens is 294 g/mol. The number of carbonyl (C=O) groups excluding carboxylic acids is 1. The number of amides is 1. The van der Waals surface area contributed by atoms with Crippen LogP contribution >= 0.6 is 23.7 Å². The standard InChI is InChI=1S/C14H17N3OS.ClH/c1-9-2-3-11-12(8-9)19-14(16-11)17-13(18)10-4-6-15-7-5-10;/h2-3,8,10,15H,4-7H2,1H3,(H,16,17,18);1H. The maximum absolute atomic E-state index is 12.1. The van der Waals surface area contributed by atoms with Crippen LogP contribution in [0.15, 0.2) is 18.2 Å². The second-order valence-corrected chi connectivity index (χ2v) is 6.03. The second kappa shape index (κ2) is 6.52. The van der Waals surface area contributed by atoms with Crippen molar-refractivity contribution in [3.05, 3.63) is 23.8 Å². The molecule has 0 unspecified atom stereocenters. The number of aryl methyl sites for hydroxylation is 1. The molecule has 2 N–H and O–H groups in total. The van der Waals surface area contributed by atoms with Crippen LogP contribution < -0.4 is 10.6 Å². The monoisotopic (exact) mass is 311 g/mol. The molecule has 1 saturated heterocycles. The third-order valence-corrected chi connectivity index (χ3v) is 4.42. The van der Waals surface area contributed by atoms with Gasteiger partial charge in [-0.05, 0) is 50.6 Å². The van der Waals surface area contributed by atoms with Gasteiger partial charge in [0.05, 0.1) is 10.2 Å². The predicted octanol–water partition coefficient (Wildman–Crippen LogP) is 2.96. The van der Waals surface area contributed by atoms with E-state index in [0.717, 1.165) is 36.1 Å². The number of hydrogen-bond donors (Lipinski definition) is 2. The Morgan fingerprint density at radius 1 is 1.40 bits per heavy atom. The summed E-state index contributed by atoms with van der Waals surface area (Å²) in [6, 6.07) is 6.15. The number of benzene rings is 1. The molecule has 0 bridgehead atoms. The van der Waals surface area contributed by atoms with Crippen molar-refractivity contribution in [2.45, 2.75) is 19.8 Å². The summed E-state index contributed by atoms with van der Waals surface area (Å²) >= 11 is 1.55. The highest BCUT2D eigenvalue weighted by atomic mass is 35.5. The summed E-state index contributed by atoms with van der Waals surface area (Å²) in [7, 11) is 0. The van der Waals surface area contributed by atoms with Gasteiger partial charge in [0.1, 0.15) is 0 Å². The number of anilines is 1. The average Bonchev–Trinajstić information content (AvgIpc) is 2.81. The van der Waals surface area contributed by atoms with Crippen LogP contribution in [0.1, 0.15) is 18.4 Å². The molecule has 0 spiro atoms. The van der Waals surface area contributed by atoms with Gasteiger partial charge in [-0.3, -0.25) is 4.79 Å². The van der Waals surface area contributed by atoms with Gasteiger partial charge < -0.3 is 10.6 Å². The quantitative estimate of drug-likeness (QED) is 0.896. The van der Waals surface area contributed by atoms with E-state index in [1.54, 1.807) is 11.3 Å². The van der Waals surface area contributed by atoms with Crippen molar-refractivity contribution >= 4 is 45.0 Å². The number of halogens is 1. The van der Waals surface area contributed by atoms with Crippen molar-refractivity contribution < 1.29 is 4.79 Å².